The van der Waals surface area contributed by atoms with Gasteiger partial charge in [0.2, 0.25) is 0 Å². The SMILES string of the molecule is COc1ccccc1[C@H](N)[C@H](O)C1CCCCC1.Cl. The number of methoxy groups -OCH3 is 1. The summed E-state index contributed by atoms with van der Waals surface area (Å²) in [6.45, 7) is 0. The zero-order chi connectivity index (χ0) is 13.0. The van der Waals surface area contributed by atoms with Crippen LogP contribution < -0.4 is 10.5 Å². The van der Waals surface area contributed by atoms with E-state index in [0.717, 1.165) is 24.2 Å². The van der Waals surface area contributed by atoms with Gasteiger partial charge in [-0.1, -0.05) is 37.5 Å². The molecule has 2 atom stereocenters. The molecule has 0 amide bonds. The number of para-hydroxylation sites is 1. The largest absolute Gasteiger partial charge is 0.496 e. The average Bonchev–Trinajstić information content (AvgIpc) is 2.46. The van der Waals surface area contributed by atoms with Crippen LogP contribution in [0.4, 0.5) is 0 Å². The molecule has 0 saturated heterocycles. The van der Waals surface area contributed by atoms with Crippen molar-refractivity contribution >= 4 is 12.4 Å². The van der Waals surface area contributed by atoms with Crippen LogP contribution in [-0.2, 0) is 0 Å². The second-order valence-electron chi connectivity index (χ2n) is 5.16. The third-order valence-corrected chi connectivity index (χ3v) is 4.00. The molecule has 0 spiro atoms. The molecule has 0 bridgehead atoms. The summed E-state index contributed by atoms with van der Waals surface area (Å²) in [5, 5.41) is 10.4. The summed E-state index contributed by atoms with van der Waals surface area (Å²) >= 11 is 0. The van der Waals surface area contributed by atoms with Gasteiger partial charge in [0, 0.05) is 5.56 Å². The summed E-state index contributed by atoms with van der Waals surface area (Å²) in [5.74, 6) is 1.10. The Labute approximate surface area is 121 Å². The Bertz CT molecular complexity index is 380. The van der Waals surface area contributed by atoms with Gasteiger partial charge in [-0.25, -0.2) is 0 Å². The summed E-state index contributed by atoms with van der Waals surface area (Å²) in [7, 11) is 1.64. The molecular formula is C15H24ClNO2. The van der Waals surface area contributed by atoms with Crippen molar-refractivity contribution in [1.29, 1.82) is 0 Å². The summed E-state index contributed by atoms with van der Waals surface area (Å²) in [6, 6.07) is 7.33. The third kappa shape index (κ3) is 3.85. The van der Waals surface area contributed by atoms with Gasteiger partial charge in [0.1, 0.15) is 5.75 Å². The lowest BCUT2D eigenvalue weighted by atomic mass is 9.81. The van der Waals surface area contributed by atoms with Crippen LogP contribution in [0, 0.1) is 5.92 Å². The highest BCUT2D eigenvalue weighted by Gasteiger charge is 2.28. The number of hydrogen-bond acceptors (Lipinski definition) is 3. The molecule has 1 fully saturated rings. The van der Waals surface area contributed by atoms with Crippen molar-refractivity contribution in [2.75, 3.05) is 7.11 Å². The first-order valence-corrected chi connectivity index (χ1v) is 6.80. The Balaban J connectivity index is 0.00000180. The summed E-state index contributed by atoms with van der Waals surface area (Å²) in [5.41, 5.74) is 7.12. The Kier molecular flexibility index (Phi) is 6.63. The van der Waals surface area contributed by atoms with Crippen LogP contribution >= 0.6 is 12.4 Å². The Morgan fingerprint density at radius 3 is 2.47 bits per heavy atom. The van der Waals surface area contributed by atoms with Gasteiger partial charge in [0.25, 0.3) is 0 Å². The standard InChI is InChI=1S/C15H23NO2.ClH/c1-18-13-10-6-5-9-12(13)14(16)15(17)11-7-3-2-4-8-11;/h5-6,9-11,14-15,17H,2-4,7-8,16H2,1H3;1H/t14-,15+;/m0./s1. The van der Waals surface area contributed by atoms with Crippen LogP contribution in [0.1, 0.15) is 43.7 Å². The van der Waals surface area contributed by atoms with E-state index >= 15 is 0 Å². The molecule has 1 aliphatic carbocycles. The first-order valence-electron chi connectivity index (χ1n) is 6.80. The van der Waals surface area contributed by atoms with Gasteiger partial charge in [-0.05, 0) is 24.8 Å². The monoisotopic (exact) mass is 285 g/mol. The molecule has 1 saturated carbocycles. The van der Waals surface area contributed by atoms with Gasteiger partial charge in [-0.2, -0.15) is 0 Å². The van der Waals surface area contributed by atoms with Gasteiger partial charge < -0.3 is 15.6 Å². The topological polar surface area (TPSA) is 55.5 Å². The molecule has 3 N–H and O–H groups in total. The minimum atomic E-state index is -0.471. The van der Waals surface area contributed by atoms with E-state index in [-0.39, 0.29) is 18.4 Å². The van der Waals surface area contributed by atoms with E-state index in [4.69, 9.17) is 10.5 Å². The second-order valence-corrected chi connectivity index (χ2v) is 5.16. The van der Waals surface area contributed by atoms with Crippen molar-refractivity contribution in [1.82, 2.24) is 0 Å². The molecule has 1 aromatic carbocycles. The highest BCUT2D eigenvalue weighted by Crippen LogP contribution is 2.33. The van der Waals surface area contributed by atoms with E-state index in [1.54, 1.807) is 7.11 Å². The number of hydrogen-bond donors (Lipinski definition) is 2. The molecule has 0 radical (unpaired) electrons. The van der Waals surface area contributed by atoms with E-state index in [9.17, 15) is 5.11 Å². The molecule has 0 aliphatic heterocycles. The zero-order valence-corrected chi connectivity index (χ0v) is 12.2. The van der Waals surface area contributed by atoms with Crippen molar-refractivity contribution < 1.29 is 9.84 Å². The molecule has 3 nitrogen and oxygen atoms in total. The van der Waals surface area contributed by atoms with E-state index in [1.807, 2.05) is 24.3 Å². The number of ether oxygens (including phenoxy) is 1. The average molecular weight is 286 g/mol. The highest BCUT2D eigenvalue weighted by atomic mass is 35.5. The van der Waals surface area contributed by atoms with E-state index < -0.39 is 6.10 Å². The number of aliphatic hydroxyl groups is 1. The van der Waals surface area contributed by atoms with Crippen LogP contribution in [0.5, 0.6) is 5.75 Å². The fourth-order valence-electron chi connectivity index (χ4n) is 2.89. The number of benzene rings is 1. The van der Waals surface area contributed by atoms with Crippen LogP contribution in [0.25, 0.3) is 0 Å². The Hall–Kier alpha value is -0.770. The van der Waals surface area contributed by atoms with Crippen LogP contribution in [0.3, 0.4) is 0 Å². The van der Waals surface area contributed by atoms with Gasteiger partial charge >= 0.3 is 0 Å². The number of nitrogens with two attached hydrogens (primary N) is 1. The molecule has 2 rings (SSSR count). The van der Waals surface area contributed by atoms with Crippen molar-refractivity contribution in [2.45, 2.75) is 44.2 Å². The fraction of sp³-hybridized carbons (Fsp3) is 0.600. The maximum Gasteiger partial charge on any atom is 0.123 e. The predicted molar refractivity (Wildman–Crippen MR) is 79.8 cm³/mol. The van der Waals surface area contributed by atoms with E-state index in [1.165, 1.54) is 19.3 Å². The van der Waals surface area contributed by atoms with Crippen molar-refractivity contribution in [3.8, 4) is 5.75 Å². The molecule has 1 aliphatic rings. The smallest absolute Gasteiger partial charge is 0.123 e. The molecular weight excluding hydrogens is 262 g/mol. The summed E-state index contributed by atoms with van der Waals surface area (Å²) in [4.78, 5) is 0. The molecule has 108 valence electrons. The van der Waals surface area contributed by atoms with Gasteiger partial charge in [-0.15, -0.1) is 12.4 Å². The predicted octanol–water partition coefficient (Wildman–Crippen LogP) is 3.06. The zero-order valence-electron chi connectivity index (χ0n) is 11.4. The first-order chi connectivity index (χ1) is 8.74. The van der Waals surface area contributed by atoms with E-state index in [0.29, 0.717) is 5.92 Å². The molecule has 1 aromatic rings. The first kappa shape index (κ1) is 16.3. The van der Waals surface area contributed by atoms with E-state index in [2.05, 4.69) is 0 Å². The molecule has 0 unspecified atom stereocenters. The fourth-order valence-corrected chi connectivity index (χ4v) is 2.89. The minimum Gasteiger partial charge on any atom is -0.496 e. The molecule has 0 aromatic heterocycles. The van der Waals surface area contributed by atoms with Gasteiger partial charge in [-0.3, -0.25) is 0 Å². The van der Waals surface area contributed by atoms with Crippen molar-refractivity contribution in [3.05, 3.63) is 29.8 Å². The lowest BCUT2D eigenvalue weighted by Gasteiger charge is -2.31. The second kappa shape index (κ2) is 7.73. The lowest BCUT2D eigenvalue weighted by molar-refractivity contribution is 0.0611. The van der Waals surface area contributed by atoms with Crippen LogP contribution in [0.15, 0.2) is 24.3 Å². The Morgan fingerprint density at radius 1 is 1.21 bits per heavy atom. The maximum atomic E-state index is 10.4. The van der Waals surface area contributed by atoms with Gasteiger partial charge in [0.15, 0.2) is 0 Å². The molecule has 0 heterocycles. The highest BCUT2D eigenvalue weighted by molar-refractivity contribution is 5.85. The lowest BCUT2D eigenvalue weighted by Crippen LogP contribution is -2.34. The number of halogens is 1. The molecule has 4 heteroatoms. The van der Waals surface area contributed by atoms with Crippen molar-refractivity contribution in [3.63, 3.8) is 0 Å². The third-order valence-electron chi connectivity index (χ3n) is 4.00. The number of rotatable bonds is 4. The maximum absolute atomic E-state index is 10.4. The molecule has 19 heavy (non-hydrogen) atoms. The summed E-state index contributed by atoms with van der Waals surface area (Å²) in [6.07, 6.45) is 5.41. The summed E-state index contributed by atoms with van der Waals surface area (Å²) < 4.78 is 5.31. The Morgan fingerprint density at radius 2 is 1.84 bits per heavy atom. The van der Waals surface area contributed by atoms with Gasteiger partial charge in [0.05, 0.1) is 19.3 Å². The minimum absolute atomic E-state index is 0. The van der Waals surface area contributed by atoms with Crippen molar-refractivity contribution in [2.24, 2.45) is 11.7 Å². The number of aliphatic hydroxyl groups excluding tert-OH is 1. The normalized spacial score (nSPS) is 19.3. The quantitative estimate of drug-likeness (QED) is 0.894. The van der Waals surface area contributed by atoms with Crippen LogP contribution in [0.2, 0.25) is 0 Å². The van der Waals surface area contributed by atoms with Crippen LogP contribution in [-0.4, -0.2) is 18.3 Å².